The average Bonchev–Trinajstić information content (AvgIpc) is 3.02. The number of pyridine rings is 1. The summed E-state index contributed by atoms with van der Waals surface area (Å²) in [4.78, 5) is 18.3. The van der Waals surface area contributed by atoms with Crippen molar-refractivity contribution in [3.8, 4) is 17.0 Å². The number of rotatable bonds is 4. The number of carbonyl (C=O) groups excluding carboxylic acids is 1. The number of amides is 1. The third-order valence-electron chi connectivity index (χ3n) is 4.61. The van der Waals surface area contributed by atoms with E-state index in [9.17, 15) is 18.0 Å². The first kappa shape index (κ1) is 18.9. The van der Waals surface area contributed by atoms with Gasteiger partial charge in [-0.1, -0.05) is 12.1 Å². The van der Waals surface area contributed by atoms with Gasteiger partial charge in [0.2, 0.25) is 11.8 Å². The van der Waals surface area contributed by atoms with E-state index in [1.807, 2.05) is 0 Å². The number of hydrogen-bond donors (Lipinski definition) is 0. The Morgan fingerprint density at radius 1 is 1.10 bits per heavy atom. The number of methoxy groups -OCH3 is 1. The summed E-state index contributed by atoms with van der Waals surface area (Å²) in [6.07, 6.45) is -2.82. The van der Waals surface area contributed by atoms with Gasteiger partial charge in [-0.3, -0.25) is 9.78 Å². The van der Waals surface area contributed by atoms with Crippen molar-refractivity contribution in [2.24, 2.45) is 0 Å². The van der Waals surface area contributed by atoms with Gasteiger partial charge >= 0.3 is 6.18 Å². The fourth-order valence-electron chi connectivity index (χ4n) is 3.13. The lowest BCUT2D eigenvalue weighted by Gasteiger charge is -2.17. The van der Waals surface area contributed by atoms with Crippen LogP contribution in [0.2, 0.25) is 0 Å². The van der Waals surface area contributed by atoms with E-state index in [2.05, 4.69) is 15.2 Å². The fraction of sp³-hybridized carbons (Fsp3) is 0.200. The van der Waals surface area contributed by atoms with Crippen molar-refractivity contribution in [2.75, 3.05) is 12.0 Å². The molecule has 3 heterocycles. The Labute approximate surface area is 164 Å². The van der Waals surface area contributed by atoms with Gasteiger partial charge in [0, 0.05) is 17.8 Å². The minimum atomic E-state index is -4.44. The Bertz CT molecular complexity index is 1070. The molecule has 0 saturated carbocycles. The molecule has 4 rings (SSSR count). The molecule has 2 aromatic heterocycles. The van der Waals surface area contributed by atoms with E-state index < -0.39 is 11.7 Å². The van der Waals surface area contributed by atoms with Crippen molar-refractivity contribution in [1.82, 2.24) is 15.2 Å². The quantitative estimate of drug-likeness (QED) is 0.669. The summed E-state index contributed by atoms with van der Waals surface area (Å²) in [5, 5.41) is 7.91. The van der Waals surface area contributed by atoms with Crippen LogP contribution in [0.25, 0.3) is 11.1 Å². The van der Waals surface area contributed by atoms with Gasteiger partial charge in [0.15, 0.2) is 0 Å². The van der Waals surface area contributed by atoms with Crippen LogP contribution in [0, 0.1) is 0 Å². The van der Waals surface area contributed by atoms with Crippen molar-refractivity contribution in [1.29, 1.82) is 0 Å². The summed E-state index contributed by atoms with van der Waals surface area (Å²) in [7, 11) is 1.48. The topological polar surface area (TPSA) is 68.2 Å². The predicted molar refractivity (Wildman–Crippen MR) is 98.2 cm³/mol. The van der Waals surface area contributed by atoms with Crippen molar-refractivity contribution in [3.05, 3.63) is 65.6 Å². The van der Waals surface area contributed by atoms with Crippen LogP contribution in [-0.4, -0.2) is 28.2 Å². The number of carbonyl (C=O) groups is 1. The molecule has 1 aliphatic heterocycles. The van der Waals surface area contributed by atoms with E-state index in [0.717, 1.165) is 12.1 Å². The van der Waals surface area contributed by atoms with Crippen LogP contribution in [0.4, 0.5) is 18.9 Å². The lowest BCUT2D eigenvalue weighted by molar-refractivity contribution is -0.137. The summed E-state index contributed by atoms with van der Waals surface area (Å²) in [5.74, 6) is 0.196. The number of fused-ring (bicyclic) bond motifs is 1. The second-order valence-electron chi connectivity index (χ2n) is 6.49. The van der Waals surface area contributed by atoms with Gasteiger partial charge in [0.25, 0.3) is 0 Å². The first-order chi connectivity index (χ1) is 13.8. The molecule has 0 bridgehead atoms. The highest BCUT2D eigenvalue weighted by atomic mass is 19.4. The Balaban J connectivity index is 1.66. The molecule has 0 fully saturated rings. The molecule has 0 unspecified atom stereocenters. The van der Waals surface area contributed by atoms with Crippen LogP contribution in [-0.2, 0) is 23.9 Å². The Hall–Kier alpha value is -3.49. The zero-order chi connectivity index (χ0) is 20.6. The van der Waals surface area contributed by atoms with Crippen LogP contribution < -0.4 is 9.64 Å². The lowest BCUT2D eigenvalue weighted by atomic mass is 10.0. The van der Waals surface area contributed by atoms with Crippen LogP contribution >= 0.6 is 0 Å². The van der Waals surface area contributed by atoms with E-state index in [1.54, 1.807) is 24.3 Å². The SMILES string of the molecule is COc1ccc(CN2C(=O)Cc3ncc(-c4cccc(C(F)(F)F)c4)cc32)nn1. The molecule has 0 spiro atoms. The highest BCUT2D eigenvalue weighted by Crippen LogP contribution is 2.35. The van der Waals surface area contributed by atoms with Gasteiger partial charge in [-0.05, 0) is 29.8 Å². The summed E-state index contributed by atoms with van der Waals surface area (Å²) < 4.78 is 44.0. The zero-order valence-electron chi connectivity index (χ0n) is 15.3. The summed E-state index contributed by atoms with van der Waals surface area (Å²) >= 11 is 0. The number of anilines is 1. The molecule has 0 saturated heterocycles. The molecule has 1 aliphatic rings. The largest absolute Gasteiger partial charge is 0.480 e. The Kier molecular flexibility index (Phi) is 4.65. The highest BCUT2D eigenvalue weighted by molar-refractivity contribution is 6.01. The van der Waals surface area contributed by atoms with Crippen LogP contribution in [0.3, 0.4) is 0 Å². The second kappa shape index (κ2) is 7.16. The van der Waals surface area contributed by atoms with Gasteiger partial charge in [-0.15, -0.1) is 10.2 Å². The van der Waals surface area contributed by atoms with E-state index in [-0.39, 0.29) is 18.9 Å². The first-order valence-electron chi connectivity index (χ1n) is 8.68. The maximum Gasteiger partial charge on any atom is 0.416 e. The van der Waals surface area contributed by atoms with Gasteiger partial charge in [0.1, 0.15) is 0 Å². The van der Waals surface area contributed by atoms with Gasteiger partial charge in [0.05, 0.1) is 42.7 Å². The number of hydrogen-bond acceptors (Lipinski definition) is 5. The summed E-state index contributed by atoms with van der Waals surface area (Å²) in [6, 6.07) is 10.0. The zero-order valence-corrected chi connectivity index (χ0v) is 15.3. The second-order valence-corrected chi connectivity index (χ2v) is 6.49. The normalized spacial score (nSPS) is 13.5. The molecule has 3 aromatic rings. The van der Waals surface area contributed by atoms with E-state index in [1.165, 1.54) is 24.3 Å². The fourth-order valence-corrected chi connectivity index (χ4v) is 3.13. The molecular weight excluding hydrogens is 385 g/mol. The first-order valence-corrected chi connectivity index (χ1v) is 8.68. The molecule has 0 N–H and O–H groups in total. The molecule has 0 radical (unpaired) electrons. The van der Waals surface area contributed by atoms with Crippen LogP contribution in [0.1, 0.15) is 17.0 Å². The third-order valence-corrected chi connectivity index (χ3v) is 4.61. The smallest absolute Gasteiger partial charge is 0.416 e. The van der Waals surface area contributed by atoms with Crippen molar-refractivity contribution in [2.45, 2.75) is 19.1 Å². The number of nitrogens with zero attached hydrogens (tertiary/aromatic N) is 4. The maximum absolute atomic E-state index is 13.0. The Morgan fingerprint density at radius 2 is 1.93 bits per heavy atom. The number of alkyl halides is 3. The van der Waals surface area contributed by atoms with Crippen molar-refractivity contribution < 1.29 is 22.7 Å². The van der Waals surface area contributed by atoms with Crippen molar-refractivity contribution in [3.63, 3.8) is 0 Å². The van der Waals surface area contributed by atoms with Gasteiger partial charge < -0.3 is 9.64 Å². The van der Waals surface area contributed by atoms with E-state index in [0.29, 0.717) is 34.1 Å². The van der Waals surface area contributed by atoms with Crippen LogP contribution in [0.15, 0.2) is 48.7 Å². The number of ether oxygens (including phenoxy) is 1. The third kappa shape index (κ3) is 3.75. The predicted octanol–water partition coefficient (Wildman–Crippen LogP) is 3.66. The number of benzene rings is 1. The molecule has 1 amide bonds. The van der Waals surface area contributed by atoms with E-state index in [4.69, 9.17) is 4.74 Å². The maximum atomic E-state index is 13.0. The molecule has 148 valence electrons. The number of aromatic nitrogens is 3. The minimum Gasteiger partial charge on any atom is -0.480 e. The van der Waals surface area contributed by atoms with Gasteiger partial charge in [-0.25, -0.2) is 0 Å². The molecule has 29 heavy (non-hydrogen) atoms. The molecular formula is C20H15F3N4O2. The molecule has 1 aromatic carbocycles. The molecule has 9 heteroatoms. The summed E-state index contributed by atoms with van der Waals surface area (Å²) in [5.41, 5.74) is 1.82. The summed E-state index contributed by atoms with van der Waals surface area (Å²) in [6.45, 7) is 0.177. The highest BCUT2D eigenvalue weighted by Gasteiger charge is 2.31. The van der Waals surface area contributed by atoms with Gasteiger partial charge in [-0.2, -0.15) is 13.2 Å². The van der Waals surface area contributed by atoms with E-state index >= 15 is 0 Å². The molecule has 6 nitrogen and oxygen atoms in total. The lowest BCUT2D eigenvalue weighted by Crippen LogP contribution is -2.26. The standard InChI is InChI=1S/C20H15F3N4O2/c1-29-18-6-5-15(25-26-18)11-27-17-8-13(10-24-16(17)9-19(27)28)12-3-2-4-14(7-12)20(21,22)23/h2-8,10H,9,11H2,1H3. The molecule has 0 aliphatic carbocycles. The Morgan fingerprint density at radius 3 is 2.62 bits per heavy atom. The van der Waals surface area contributed by atoms with Crippen LogP contribution in [0.5, 0.6) is 5.88 Å². The van der Waals surface area contributed by atoms with Crippen molar-refractivity contribution >= 4 is 11.6 Å². The molecule has 0 atom stereocenters. The minimum absolute atomic E-state index is 0.127. The number of halogens is 3. The average molecular weight is 400 g/mol. The monoisotopic (exact) mass is 400 g/mol.